The first-order chi connectivity index (χ1) is 10.6. The van der Waals surface area contributed by atoms with Crippen molar-refractivity contribution >= 4 is 18.1 Å². The van der Waals surface area contributed by atoms with Crippen LogP contribution in [0.1, 0.15) is 23.6 Å². The third-order valence-corrected chi connectivity index (χ3v) is 2.95. The largest absolute Gasteiger partial charge is 0.479 e. The predicted octanol–water partition coefficient (Wildman–Crippen LogP) is 2.98. The summed E-state index contributed by atoms with van der Waals surface area (Å²) in [6.07, 6.45) is 5.85. The first-order valence-corrected chi connectivity index (χ1v) is 6.62. The van der Waals surface area contributed by atoms with Crippen molar-refractivity contribution in [3.63, 3.8) is 0 Å². The topological polar surface area (TPSA) is 83.2 Å². The summed E-state index contributed by atoms with van der Waals surface area (Å²) in [6, 6.07) is 10.9. The van der Waals surface area contributed by atoms with E-state index in [2.05, 4.69) is 11.1 Å². The summed E-state index contributed by atoms with van der Waals surface area (Å²) < 4.78 is 5.32. The zero-order chi connectivity index (χ0) is 15.9. The van der Waals surface area contributed by atoms with Crippen LogP contribution in [0.5, 0.6) is 5.75 Å². The van der Waals surface area contributed by atoms with E-state index in [0.29, 0.717) is 11.3 Å². The number of carbonyl (C=O) groups is 1. The van der Waals surface area contributed by atoms with Crippen LogP contribution in [-0.4, -0.2) is 22.2 Å². The molecule has 0 aliphatic carbocycles. The van der Waals surface area contributed by atoms with E-state index in [0.717, 1.165) is 11.1 Å². The molecule has 1 N–H and O–H groups in total. The summed E-state index contributed by atoms with van der Waals surface area (Å²) in [7, 11) is 0. The number of aliphatic carboxylic acids is 1. The van der Waals surface area contributed by atoms with Crippen molar-refractivity contribution in [3.8, 4) is 11.8 Å². The van der Waals surface area contributed by atoms with E-state index in [4.69, 9.17) is 15.1 Å². The smallest absolute Gasteiger partial charge is 0.344 e. The zero-order valence-corrected chi connectivity index (χ0v) is 11.9. The normalized spacial score (nSPS) is 11.8. The molecule has 1 aromatic heterocycles. The number of rotatable bonds is 5. The summed E-state index contributed by atoms with van der Waals surface area (Å²) in [5.74, 6) is -0.538. The second kappa shape index (κ2) is 7.04. The highest BCUT2D eigenvalue weighted by molar-refractivity contribution is 5.73. The molecule has 0 spiro atoms. The van der Waals surface area contributed by atoms with Crippen LogP contribution in [0.3, 0.4) is 0 Å². The fourth-order valence-corrected chi connectivity index (χ4v) is 1.78. The first-order valence-electron chi connectivity index (χ1n) is 6.62. The molecular formula is C17H14N2O3. The molecular weight excluding hydrogens is 280 g/mol. The van der Waals surface area contributed by atoms with Crippen LogP contribution in [0.15, 0.2) is 42.7 Å². The van der Waals surface area contributed by atoms with Gasteiger partial charge >= 0.3 is 5.97 Å². The number of hydrogen-bond acceptors (Lipinski definition) is 4. The molecule has 0 saturated carbocycles. The quantitative estimate of drug-likeness (QED) is 0.916. The number of pyridine rings is 1. The van der Waals surface area contributed by atoms with Crippen molar-refractivity contribution in [2.24, 2.45) is 0 Å². The number of ether oxygens (including phenoxy) is 1. The number of nitrogens with zero attached hydrogens (tertiary/aromatic N) is 2. The van der Waals surface area contributed by atoms with Crippen LogP contribution in [0.2, 0.25) is 0 Å². The molecule has 0 fully saturated rings. The van der Waals surface area contributed by atoms with Crippen LogP contribution >= 0.6 is 0 Å². The summed E-state index contributed by atoms with van der Waals surface area (Å²) in [4.78, 5) is 14.7. The third kappa shape index (κ3) is 3.93. The maximum absolute atomic E-state index is 10.8. The molecule has 0 amide bonds. The lowest BCUT2D eigenvalue weighted by atomic mass is 10.1. The van der Waals surface area contributed by atoms with Crippen LogP contribution in [0.4, 0.5) is 0 Å². The second-order valence-electron chi connectivity index (χ2n) is 4.58. The van der Waals surface area contributed by atoms with E-state index >= 15 is 0 Å². The highest BCUT2D eigenvalue weighted by Crippen LogP contribution is 2.18. The van der Waals surface area contributed by atoms with Gasteiger partial charge in [0.1, 0.15) is 11.8 Å². The Labute approximate surface area is 128 Å². The summed E-state index contributed by atoms with van der Waals surface area (Å²) in [5.41, 5.74) is 2.10. The van der Waals surface area contributed by atoms with E-state index in [1.807, 2.05) is 12.1 Å². The number of nitriles is 1. The first kappa shape index (κ1) is 15.3. The number of hydrogen-bond donors (Lipinski definition) is 1. The Bertz CT molecular complexity index is 748. The molecule has 0 radical (unpaired) electrons. The molecule has 2 rings (SSSR count). The minimum absolute atomic E-state index is 0.479. The molecule has 0 bridgehead atoms. The molecule has 110 valence electrons. The standard InChI is InChI=1S/C17H14N2O3/c1-12(17(20)21)22-16-4-2-3-13(9-16)5-6-14-7-8-19-11-15(14)10-18/h2-9,11-12H,1H3,(H,20,21)/b6-5+. The number of aromatic nitrogens is 1. The molecule has 0 saturated heterocycles. The second-order valence-corrected chi connectivity index (χ2v) is 4.58. The van der Waals surface area contributed by atoms with Crippen molar-refractivity contribution < 1.29 is 14.6 Å². The number of benzene rings is 1. The van der Waals surface area contributed by atoms with E-state index in [-0.39, 0.29) is 0 Å². The van der Waals surface area contributed by atoms with Crippen molar-refractivity contribution in [2.75, 3.05) is 0 Å². The number of carboxylic acids is 1. The minimum Gasteiger partial charge on any atom is -0.479 e. The van der Waals surface area contributed by atoms with Gasteiger partial charge in [-0.05, 0) is 36.2 Å². The lowest BCUT2D eigenvalue weighted by Crippen LogP contribution is -2.22. The summed E-state index contributed by atoms with van der Waals surface area (Å²) in [5, 5.41) is 17.9. The Kier molecular flexibility index (Phi) is 4.89. The van der Waals surface area contributed by atoms with Gasteiger partial charge in [0.05, 0.1) is 5.56 Å². The van der Waals surface area contributed by atoms with Gasteiger partial charge in [0.2, 0.25) is 0 Å². The van der Waals surface area contributed by atoms with Gasteiger partial charge in [0.25, 0.3) is 0 Å². The highest BCUT2D eigenvalue weighted by atomic mass is 16.5. The van der Waals surface area contributed by atoms with Gasteiger partial charge in [-0.1, -0.05) is 24.3 Å². The lowest BCUT2D eigenvalue weighted by molar-refractivity contribution is -0.144. The average molecular weight is 294 g/mol. The van der Waals surface area contributed by atoms with Crippen LogP contribution in [-0.2, 0) is 4.79 Å². The van der Waals surface area contributed by atoms with Gasteiger partial charge in [-0.25, -0.2) is 4.79 Å². The molecule has 1 heterocycles. The van der Waals surface area contributed by atoms with E-state index < -0.39 is 12.1 Å². The van der Waals surface area contributed by atoms with Gasteiger partial charge in [-0.15, -0.1) is 0 Å². The Morgan fingerprint density at radius 1 is 1.41 bits per heavy atom. The van der Waals surface area contributed by atoms with E-state index in [9.17, 15) is 4.79 Å². The van der Waals surface area contributed by atoms with E-state index in [1.165, 1.54) is 13.1 Å². The summed E-state index contributed by atoms with van der Waals surface area (Å²) in [6.45, 7) is 1.47. The fourth-order valence-electron chi connectivity index (χ4n) is 1.78. The predicted molar refractivity (Wildman–Crippen MR) is 82.0 cm³/mol. The fraction of sp³-hybridized carbons (Fsp3) is 0.118. The molecule has 5 heteroatoms. The molecule has 0 aliphatic heterocycles. The average Bonchev–Trinajstić information content (AvgIpc) is 2.53. The van der Waals surface area contributed by atoms with Crippen molar-refractivity contribution in [2.45, 2.75) is 13.0 Å². The lowest BCUT2D eigenvalue weighted by Gasteiger charge is -2.10. The van der Waals surface area contributed by atoms with Crippen molar-refractivity contribution in [3.05, 3.63) is 59.4 Å². The molecule has 5 nitrogen and oxygen atoms in total. The van der Waals surface area contributed by atoms with Crippen molar-refractivity contribution in [1.82, 2.24) is 4.98 Å². The molecule has 22 heavy (non-hydrogen) atoms. The molecule has 1 atom stereocenters. The monoisotopic (exact) mass is 294 g/mol. The van der Waals surface area contributed by atoms with Crippen LogP contribution in [0.25, 0.3) is 12.2 Å². The van der Waals surface area contributed by atoms with Crippen molar-refractivity contribution in [1.29, 1.82) is 5.26 Å². The maximum atomic E-state index is 10.8. The molecule has 1 aromatic carbocycles. The van der Waals surface area contributed by atoms with Gasteiger partial charge in [-0.3, -0.25) is 4.98 Å². The van der Waals surface area contributed by atoms with Crippen LogP contribution in [0, 0.1) is 11.3 Å². The minimum atomic E-state index is -1.02. The Morgan fingerprint density at radius 3 is 2.95 bits per heavy atom. The highest BCUT2D eigenvalue weighted by Gasteiger charge is 2.12. The Morgan fingerprint density at radius 2 is 2.23 bits per heavy atom. The summed E-state index contributed by atoms with van der Waals surface area (Å²) >= 11 is 0. The van der Waals surface area contributed by atoms with Gasteiger partial charge in [0, 0.05) is 12.4 Å². The van der Waals surface area contributed by atoms with Crippen LogP contribution < -0.4 is 4.74 Å². The molecule has 0 aliphatic rings. The Balaban J connectivity index is 2.18. The number of carboxylic acid groups (broad SMARTS) is 1. The van der Waals surface area contributed by atoms with Gasteiger partial charge in [-0.2, -0.15) is 5.26 Å². The Hall–Kier alpha value is -3.13. The third-order valence-electron chi connectivity index (χ3n) is 2.95. The van der Waals surface area contributed by atoms with Gasteiger partial charge in [0.15, 0.2) is 6.10 Å². The maximum Gasteiger partial charge on any atom is 0.344 e. The zero-order valence-electron chi connectivity index (χ0n) is 11.9. The SMILES string of the molecule is CC(Oc1cccc(/C=C/c2ccncc2C#N)c1)C(=O)O. The molecule has 2 aromatic rings. The van der Waals surface area contributed by atoms with Gasteiger partial charge < -0.3 is 9.84 Å². The van der Waals surface area contributed by atoms with E-state index in [1.54, 1.807) is 36.5 Å². The molecule has 1 unspecified atom stereocenters.